The molecule has 1 aliphatic heterocycles. The van der Waals surface area contributed by atoms with Crippen LogP contribution >= 0.6 is 0 Å². The van der Waals surface area contributed by atoms with Crippen LogP contribution in [0.4, 0.5) is 4.79 Å². The quantitative estimate of drug-likeness (QED) is 0.800. The molecule has 0 saturated carbocycles. The highest BCUT2D eigenvalue weighted by molar-refractivity contribution is 5.67. The second-order valence-corrected chi connectivity index (χ2v) is 4.70. The van der Waals surface area contributed by atoms with Gasteiger partial charge in [0.1, 0.15) is 0 Å². The molecule has 0 aromatic carbocycles. The first-order chi connectivity index (χ1) is 7.63. The molecule has 16 heavy (non-hydrogen) atoms. The Bertz CT molecular complexity index is 211. The molecule has 0 atom stereocenters. The standard InChI is InChI=1S/C12H24N2O2/c1-4-9-16-12(15)14-7-5-11(6-8-14)13-10(2)3/h10-11,13H,4-9H2,1-3H3. The van der Waals surface area contributed by atoms with Crippen LogP contribution < -0.4 is 5.32 Å². The summed E-state index contributed by atoms with van der Waals surface area (Å²) in [5, 5.41) is 3.51. The summed E-state index contributed by atoms with van der Waals surface area (Å²) in [7, 11) is 0. The van der Waals surface area contributed by atoms with Crippen molar-refractivity contribution in [3.63, 3.8) is 0 Å². The number of rotatable bonds is 4. The summed E-state index contributed by atoms with van der Waals surface area (Å²) >= 11 is 0. The molecule has 0 unspecified atom stereocenters. The van der Waals surface area contributed by atoms with Gasteiger partial charge in [-0.1, -0.05) is 20.8 Å². The highest BCUT2D eigenvalue weighted by Crippen LogP contribution is 2.12. The lowest BCUT2D eigenvalue weighted by molar-refractivity contribution is 0.0904. The zero-order valence-corrected chi connectivity index (χ0v) is 10.7. The molecule has 0 aromatic heterocycles. The minimum absolute atomic E-state index is 0.148. The first kappa shape index (κ1) is 13.3. The van der Waals surface area contributed by atoms with Crippen LogP contribution in [0.5, 0.6) is 0 Å². The highest BCUT2D eigenvalue weighted by atomic mass is 16.6. The molecule has 1 amide bonds. The minimum atomic E-state index is -0.148. The van der Waals surface area contributed by atoms with E-state index in [2.05, 4.69) is 19.2 Å². The average molecular weight is 228 g/mol. The van der Waals surface area contributed by atoms with Gasteiger partial charge in [0.2, 0.25) is 0 Å². The predicted molar refractivity (Wildman–Crippen MR) is 64.5 cm³/mol. The third-order valence-corrected chi connectivity index (χ3v) is 2.75. The SMILES string of the molecule is CCCOC(=O)N1CCC(NC(C)C)CC1. The molecule has 0 bridgehead atoms. The van der Waals surface area contributed by atoms with Gasteiger partial charge in [0.05, 0.1) is 6.61 Å². The summed E-state index contributed by atoms with van der Waals surface area (Å²) < 4.78 is 5.11. The molecule has 94 valence electrons. The van der Waals surface area contributed by atoms with E-state index in [1.807, 2.05) is 11.8 Å². The predicted octanol–water partition coefficient (Wildman–Crippen LogP) is 2.00. The third kappa shape index (κ3) is 4.39. The number of nitrogens with zero attached hydrogens (tertiary/aromatic N) is 1. The van der Waals surface area contributed by atoms with Crippen molar-refractivity contribution in [3.05, 3.63) is 0 Å². The molecular weight excluding hydrogens is 204 g/mol. The van der Waals surface area contributed by atoms with Crippen molar-refractivity contribution in [2.24, 2.45) is 0 Å². The van der Waals surface area contributed by atoms with E-state index < -0.39 is 0 Å². The van der Waals surface area contributed by atoms with Crippen molar-refractivity contribution in [3.8, 4) is 0 Å². The van der Waals surface area contributed by atoms with Crippen LogP contribution in [-0.2, 0) is 4.74 Å². The van der Waals surface area contributed by atoms with Crippen molar-refractivity contribution in [2.75, 3.05) is 19.7 Å². The summed E-state index contributed by atoms with van der Waals surface area (Å²) in [6.07, 6.45) is 2.79. The largest absolute Gasteiger partial charge is 0.449 e. The number of carbonyl (C=O) groups excluding carboxylic acids is 1. The monoisotopic (exact) mass is 228 g/mol. The van der Waals surface area contributed by atoms with Gasteiger partial charge >= 0.3 is 6.09 Å². The summed E-state index contributed by atoms with van der Waals surface area (Å²) in [5.74, 6) is 0. The maximum Gasteiger partial charge on any atom is 0.409 e. The van der Waals surface area contributed by atoms with Gasteiger partial charge in [-0.2, -0.15) is 0 Å². The summed E-state index contributed by atoms with van der Waals surface area (Å²) in [5.41, 5.74) is 0. The van der Waals surface area contributed by atoms with Crippen LogP contribution in [0.2, 0.25) is 0 Å². The lowest BCUT2D eigenvalue weighted by atomic mass is 10.0. The number of ether oxygens (including phenoxy) is 1. The zero-order chi connectivity index (χ0) is 12.0. The fourth-order valence-corrected chi connectivity index (χ4v) is 1.98. The molecule has 4 heteroatoms. The molecule has 0 spiro atoms. The van der Waals surface area contributed by atoms with Gasteiger partial charge in [-0.25, -0.2) is 4.79 Å². The number of nitrogens with one attached hydrogen (secondary N) is 1. The van der Waals surface area contributed by atoms with Crippen LogP contribution in [0.3, 0.4) is 0 Å². The van der Waals surface area contributed by atoms with E-state index >= 15 is 0 Å². The van der Waals surface area contributed by atoms with Crippen LogP contribution in [-0.4, -0.2) is 42.8 Å². The van der Waals surface area contributed by atoms with E-state index in [0.29, 0.717) is 18.7 Å². The molecule has 1 rings (SSSR count). The molecule has 1 heterocycles. The van der Waals surface area contributed by atoms with Gasteiger partial charge < -0.3 is 15.0 Å². The van der Waals surface area contributed by atoms with Crippen LogP contribution in [0.15, 0.2) is 0 Å². The van der Waals surface area contributed by atoms with Crippen LogP contribution in [0, 0.1) is 0 Å². The fourth-order valence-electron chi connectivity index (χ4n) is 1.98. The maximum absolute atomic E-state index is 11.6. The number of hydrogen-bond acceptors (Lipinski definition) is 3. The van der Waals surface area contributed by atoms with Gasteiger partial charge in [-0.3, -0.25) is 0 Å². The molecule has 1 saturated heterocycles. The van der Waals surface area contributed by atoms with Gasteiger partial charge in [0, 0.05) is 25.2 Å². The normalized spacial score (nSPS) is 17.9. The zero-order valence-electron chi connectivity index (χ0n) is 10.7. The van der Waals surface area contributed by atoms with E-state index in [0.717, 1.165) is 32.4 Å². The Labute approximate surface area is 98.3 Å². The lowest BCUT2D eigenvalue weighted by Gasteiger charge is -2.32. The van der Waals surface area contributed by atoms with E-state index in [1.165, 1.54) is 0 Å². The van der Waals surface area contributed by atoms with Crippen LogP contribution in [0.1, 0.15) is 40.0 Å². The summed E-state index contributed by atoms with van der Waals surface area (Å²) in [4.78, 5) is 13.4. The first-order valence-corrected chi connectivity index (χ1v) is 6.31. The Morgan fingerprint density at radius 1 is 1.44 bits per heavy atom. The van der Waals surface area contributed by atoms with Crippen molar-refractivity contribution in [1.29, 1.82) is 0 Å². The highest BCUT2D eigenvalue weighted by Gasteiger charge is 2.23. The van der Waals surface area contributed by atoms with E-state index in [4.69, 9.17) is 4.74 Å². The van der Waals surface area contributed by atoms with Crippen molar-refractivity contribution >= 4 is 6.09 Å². The van der Waals surface area contributed by atoms with Crippen molar-refractivity contribution in [2.45, 2.75) is 52.1 Å². The maximum atomic E-state index is 11.6. The molecule has 1 aliphatic rings. The van der Waals surface area contributed by atoms with Crippen LogP contribution in [0.25, 0.3) is 0 Å². The van der Waals surface area contributed by atoms with E-state index in [-0.39, 0.29) is 6.09 Å². The van der Waals surface area contributed by atoms with Crippen molar-refractivity contribution < 1.29 is 9.53 Å². The number of amides is 1. The Balaban J connectivity index is 2.23. The summed E-state index contributed by atoms with van der Waals surface area (Å²) in [6.45, 7) is 8.47. The second-order valence-electron chi connectivity index (χ2n) is 4.70. The Kier molecular flexibility index (Phi) is 5.60. The topological polar surface area (TPSA) is 41.6 Å². The number of carbonyl (C=O) groups is 1. The smallest absolute Gasteiger partial charge is 0.409 e. The molecule has 0 radical (unpaired) electrons. The Morgan fingerprint density at radius 2 is 2.06 bits per heavy atom. The first-order valence-electron chi connectivity index (χ1n) is 6.31. The Hall–Kier alpha value is -0.770. The van der Waals surface area contributed by atoms with E-state index in [9.17, 15) is 4.79 Å². The second kappa shape index (κ2) is 6.74. The lowest BCUT2D eigenvalue weighted by Crippen LogP contribution is -2.46. The van der Waals surface area contributed by atoms with Gasteiger partial charge in [0.15, 0.2) is 0 Å². The average Bonchev–Trinajstić information content (AvgIpc) is 2.26. The third-order valence-electron chi connectivity index (χ3n) is 2.75. The Morgan fingerprint density at radius 3 is 2.56 bits per heavy atom. The minimum Gasteiger partial charge on any atom is -0.449 e. The number of piperidine rings is 1. The molecule has 1 N–H and O–H groups in total. The van der Waals surface area contributed by atoms with Crippen molar-refractivity contribution in [1.82, 2.24) is 10.2 Å². The number of hydrogen-bond donors (Lipinski definition) is 1. The fraction of sp³-hybridized carbons (Fsp3) is 0.917. The van der Waals surface area contributed by atoms with E-state index in [1.54, 1.807) is 0 Å². The molecule has 1 fully saturated rings. The van der Waals surface area contributed by atoms with Gasteiger partial charge in [0.25, 0.3) is 0 Å². The number of likely N-dealkylation sites (tertiary alicyclic amines) is 1. The van der Waals surface area contributed by atoms with Gasteiger partial charge in [-0.15, -0.1) is 0 Å². The summed E-state index contributed by atoms with van der Waals surface area (Å²) in [6, 6.07) is 1.07. The molecular formula is C12H24N2O2. The molecule has 0 aliphatic carbocycles. The molecule has 0 aromatic rings. The van der Waals surface area contributed by atoms with Gasteiger partial charge in [-0.05, 0) is 19.3 Å². The molecule has 4 nitrogen and oxygen atoms in total.